The topological polar surface area (TPSA) is 35.5 Å². The fourth-order valence-corrected chi connectivity index (χ4v) is 3.27. The minimum Gasteiger partial charge on any atom is -0.489 e. The van der Waals surface area contributed by atoms with Gasteiger partial charge in [0.1, 0.15) is 18.1 Å². The summed E-state index contributed by atoms with van der Waals surface area (Å²) in [5.41, 5.74) is 3.76. The van der Waals surface area contributed by atoms with Gasteiger partial charge in [0.15, 0.2) is 5.76 Å². The highest BCUT2D eigenvalue weighted by atomic mass is 79.9. The highest BCUT2D eigenvalue weighted by molar-refractivity contribution is 9.10. The van der Waals surface area contributed by atoms with E-state index in [2.05, 4.69) is 35.0 Å². The standard InChI is InChI=1S/C23H17BrO3/c1-15-5-7-16(8-6-15)14-26-19-9-10-20-21(13-19)27-22(23(20)25)12-17-3-2-4-18(24)11-17/h2-13H,14H2,1H3/b22-12-. The van der Waals surface area contributed by atoms with Crippen molar-refractivity contribution < 1.29 is 14.3 Å². The summed E-state index contributed by atoms with van der Waals surface area (Å²) >= 11 is 3.43. The lowest BCUT2D eigenvalue weighted by Crippen LogP contribution is -1.98. The van der Waals surface area contributed by atoms with Gasteiger partial charge in [-0.3, -0.25) is 4.79 Å². The van der Waals surface area contributed by atoms with Crippen LogP contribution in [-0.2, 0) is 6.61 Å². The molecule has 3 aromatic rings. The number of Topliss-reactive ketones (excluding diaryl/α,β-unsaturated/α-hetero) is 1. The number of fused-ring (bicyclic) bond motifs is 1. The van der Waals surface area contributed by atoms with Crippen LogP contribution in [0.15, 0.2) is 77.0 Å². The molecule has 1 heterocycles. The third kappa shape index (κ3) is 3.96. The first-order valence-electron chi connectivity index (χ1n) is 8.61. The third-order valence-electron chi connectivity index (χ3n) is 4.31. The molecule has 3 nitrogen and oxygen atoms in total. The highest BCUT2D eigenvalue weighted by Gasteiger charge is 2.27. The fourth-order valence-electron chi connectivity index (χ4n) is 2.86. The summed E-state index contributed by atoms with van der Waals surface area (Å²) in [4.78, 5) is 12.6. The van der Waals surface area contributed by atoms with Crippen molar-refractivity contribution >= 4 is 27.8 Å². The highest BCUT2D eigenvalue weighted by Crippen LogP contribution is 2.35. The molecule has 1 aliphatic heterocycles. The molecule has 134 valence electrons. The zero-order chi connectivity index (χ0) is 18.8. The summed E-state index contributed by atoms with van der Waals surface area (Å²) in [6, 6.07) is 21.2. The van der Waals surface area contributed by atoms with Crippen LogP contribution in [0, 0.1) is 6.92 Å². The van der Waals surface area contributed by atoms with E-state index in [1.54, 1.807) is 24.3 Å². The SMILES string of the molecule is Cc1ccc(COc2ccc3c(c2)O/C(=C\c2cccc(Br)c2)C3=O)cc1. The fraction of sp³-hybridized carbons (Fsp3) is 0.0870. The summed E-state index contributed by atoms with van der Waals surface area (Å²) in [6.07, 6.45) is 1.75. The van der Waals surface area contributed by atoms with E-state index in [1.165, 1.54) is 5.56 Å². The molecule has 0 bridgehead atoms. The lowest BCUT2D eigenvalue weighted by molar-refractivity contribution is 0.101. The van der Waals surface area contributed by atoms with E-state index < -0.39 is 0 Å². The molecule has 0 unspecified atom stereocenters. The van der Waals surface area contributed by atoms with Gasteiger partial charge in [0.2, 0.25) is 5.78 Å². The largest absolute Gasteiger partial charge is 0.489 e. The van der Waals surface area contributed by atoms with Crippen LogP contribution >= 0.6 is 15.9 Å². The van der Waals surface area contributed by atoms with Gasteiger partial charge in [0.25, 0.3) is 0 Å². The molecule has 4 heteroatoms. The monoisotopic (exact) mass is 420 g/mol. The number of rotatable bonds is 4. The molecule has 0 amide bonds. The predicted molar refractivity (Wildman–Crippen MR) is 109 cm³/mol. The maximum absolute atomic E-state index is 12.6. The number of halogens is 1. The van der Waals surface area contributed by atoms with Gasteiger partial charge in [0, 0.05) is 10.5 Å². The number of carbonyl (C=O) groups is 1. The lowest BCUT2D eigenvalue weighted by Gasteiger charge is -2.07. The molecule has 1 aliphatic rings. The van der Waals surface area contributed by atoms with Crippen molar-refractivity contribution in [2.75, 3.05) is 0 Å². The molecule has 27 heavy (non-hydrogen) atoms. The predicted octanol–water partition coefficient (Wildman–Crippen LogP) is 5.95. The van der Waals surface area contributed by atoms with Crippen molar-refractivity contribution in [2.45, 2.75) is 13.5 Å². The van der Waals surface area contributed by atoms with Gasteiger partial charge in [-0.25, -0.2) is 0 Å². The first-order valence-corrected chi connectivity index (χ1v) is 9.40. The number of ether oxygens (including phenoxy) is 2. The lowest BCUT2D eigenvalue weighted by atomic mass is 10.1. The molecule has 0 saturated carbocycles. The van der Waals surface area contributed by atoms with Gasteiger partial charge < -0.3 is 9.47 Å². The van der Waals surface area contributed by atoms with Crippen LogP contribution in [-0.4, -0.2) is 5.78 Å². The van der Waals surface area contributed by atoms with Crippen LogP contribution in [0.1, 0.15) is 27.0 Å². The number of aryl methyl sites for hydroxylation is 1. The Labute approximate surface area is 166 Å². The van der Waals surface area contributed by atoms with Crippen LogP contribution in [0.3, 0.4) is 0 Å². The Morgan fingerprint density at radius 1 is 1.04 bits per heavy atom. The van der Waals surface area contributed by atoms with E-state index in [0.717, 1.165) is 15.6 Å². The van der Waals surface area contributed by atoms with E-state index in [1.807, 2.05) is 36.4 Å². The number of hydrogen-bond donors (Lipinski definition) is 0. The van der Waals surface area contributed by atoms with Gasteiger partial charge in [-0.15, -0.1) is 0 Å². The second-order valence-electron chi connectivity index (χ2n) is 6.43. The van der Waals surface area contributed by atoms with Crippen molar-refractivity contribution in [1.82, 2.24) is 0 Å². The van der Waals surface area contributed by atoms with Crippen molar-refractivity contribution in [1.29, 1.82) is 0 Å². The van der Waals surface area contributed by atoms with Crippen LogP contribution < -0.4 is 9.47 Å². The van der Waals surface area contributed by atoms with Gasteiger partial charge in [-0.05, 0) is 48.4 Å². The van der Waals surface area contributed by atoms with Crippen molar-refractivity contribution in [2.24, 2.45) is 0 Å². The molecule has 0 radical (unpaired) electrons. The Hall–Kier alpha value is -2.85. The minimum absolute atomic E-state index is 0.116. The summed E-state index contributed by atoms with van der Waals surface area (Å²) < 4.78 is 12.6. The number of benzene rings is 3. The zero-order valence-corrected chi connectivity index (χ0v) is 16.3. The first kappa shape index (κ1) is 17.6. The van der Waals surface area contributed by atoms with E-state index >= 15 is 0 Å². The van der Waals surface area contributed by atoms with Gasteiger partial charge in [0.05, 0.1) is 5.56 Å². The molecular formula is C23H17BrO3. The maximum Gasteiger partial charge on any atom is 0.231 e. The second kappa shape index (κ2) is 7.41. The smallest absolute Gasteiger partial charge is 0.231 e. The molecule has 0 atom stereocenters. The molecule has 4 rings (SSSR count). The molecular weight excluding hydrogens is 404 g/mol. The first-order chi connectivity index (χ1) is 13.1. The number of carbonyl (C=O) groups excluding carboxylic acids is 1. The average Bonchev–Trinajstić information content (AvgIpc) is 2.96. The van der Waals surface area contributed by atoms with Gasteiger partial charge >= 0.3 is 0 Å². The Morgan fingerprint density at radius 3 is 2.63 bits per heavy atom. The Morgan fingerprint density at radius 2 is 1.85 bits per heavy atom. The molecule has 0 fully saturated rings. The van der Waals surface area contributed by atoms with E-state index in [9.17, 15) is 4.79 Å². The quantitative estimate of drug-likeness (QED) is 0.488. The summed E-state index contributed by atoms with van der Waals surface area (Å²) in [7, 11) is 0. The van der Waals surface area contributed by atoms with Crippen LogP contribution in [0.2, 0.25) is 0 Å². The van der Waals surface area contributed by atoms with Gasteiger partial charge in [-0.1, -0.05) is 57.9 Å². The molecule has 0 aliphatic carbocycles. The number of hydrogen-bond acceptors (Lipinski definition) is 3. The number of allylic oxidation sites excluding steroid dienone is 1. The van der Waals surface area contributed by atoms with Crippen molar-refractivity contribution in [3.63, 3.8) is 0 Å². The molecule has 0 spiro atoms. The minimum atomic E-state index is -0.116. The Kier molecular flexibility index (Phi) is 4.82. The van der Waals surface area contributed by atoms with Crippen molar-refractivity contribution in [3.8, 4) is 11.5 Å². The Balaban J connectivity index is 1.51. The zero-order valence-electron chi connectivity index (χ0n) is 14.7. The summed E-state index contributed by atoms with van der Waals surface area (Å²) in [5.74, 6) is 1.40. The summed E-state index contributed by atoms with van der Waals surface area (Å²) in [6.45, 7) is 2.52. The van der Waals surface area contributed by atoms with Gasteiger partial charge in [-0.2, -0.15) is 0 Å². The van der Waals surface area contributed by atoms with E-state index in [-0.39, 0.29) is 5.78 Å². The second-order valence-corrected chi connectivity index (χ2v) is 7.34. The normalized spacial score (nSPS) is 14.1. The number of ketones is 1. The summed E-state index contributed by atoms with van der Waals surface area (Å²) in [5, 5.41) is 0. The van der Waals surface area contributed by atoms with E-state index in [4.69, 9.17) is 9.47 Å². The van der Waals surface area contributed by atoms with Crippen molar-refractivity contribution in [3.05, 3.63) is 99.2 Å². The molecule has 0 saturated heterocycles. The molecule has 3 aromatic carbocycles. The molecule has 0 N–H and O–H groups in total. The Bertz CT molecular complexity index is 1040. The van der Waals surface area contributed by atoms with E-state index in [0.29, 0.717) is 29.4 Å². The average molecular weight is 421 g/mol. The van der Waals surface area contributed by atoms with Crippen LogP contribution in [0.25, 0.3) is 6.08 Å². The molecule has 0 aromatic heterocycles. The maximum atomic E-state index is 12.6. The van der Waals surface area contributed by atoms with Crippen LogP contribution in [0.4, 0.5) is 0 Å². The van der Waals surface area contributed by atoms with Crippen LogP contribution in [0.5, 0.6) is 11.5 Å². The third-order valence-corrected chi connectivity index (χ3v) is 4.81.